The van der Waals surface area contributed by atoms with Crippen LogP contribution in [0.5, 0.6) is 0 Å². The Morgan fingerprint density at radius 3 is 2.65 bits per heavy atom. The molecule has 4 heterocycles. The standard InChI is InChI=1S/C22H25F4N7O/c23-19(24)18(34)21(28)8-22(25,26)10-33(9-21)16-6-30-14(12-1-2-12)5-13(16)7-32-11-31-17-15(32)3-4-29-20(17)27/h3-6,11-12,18-19,34H,1-2,7-10,28H2,(H2,27,29)/t18-,21-/m1/s1. The zero-order valence-electron chi connectivity index (χ0n) is 18.2. The third-order valence-electron chi connectivity index (χ3n) is 6.55. The van der Waals surface area contributed by atoms with Gasteiger partial charge in [0.2, 0.25) is 0 Å². The van der Waals surface area contributed by atoms with Crippen molar-refractivity contribution in [1.29, 1.82) is 0 Å². The summed E-state index contributed by atoms with van der Waals surface area (Å²) in [6.45, 7) is -0.831. The van der Waals surface area contributed by atoms with Gasteiger partial charge in [0.05, 0.1) is 42.4 Å². The van der Waals surface area contributed by atoms with Crippen LogP contribution in [0.1, 0.15) is 36.4 Å². The normalized spacial score (nSPS) is 23.6. The Morgan fingerprint density at radius 2 is 1.94 bits per heavy atom. The van der Waals surface area contributed by atoms with Crippen molar-refractivity contribution in [3.8, 4) is 0 Å². The molecule has 2 aliphatic rings. The molecule has 182 valence electrons. The zero-order chi connectivity index (χ0) is 24.3. The minimum absolute atomic E-state index is 0.259. The first kappa shape index (κ1) is 22.8. The molecule has 0 aromatic carbocycles. The molecule has 8 nitrogen and oxygen atoms in total. The number of aromatic nitrogens is 4. The van der Waals surface area contributed by atoms with Crippen molar-refractivity contribution >= 4 is 22.5 Å². The number of aliphatic hydroxyl groups excluding tert-OH is 1. The van der Waals surface area contributed by atoms with E-state index in [-0.39, 0.29) is 18.9 Å². The first-order valence-corrected chi connectivity index (χ1v) is 11.0. The Bertz CT molecular complexity index is 1220. The summed E-state index contributed by atoms with van der Waals surface area (Å²) in [5.74, 6) is -2.80. The Labute approximate surface area is 192 Å². The van der Waals surface area contributed by atoms with Gasteiger partial charge >= 0.3 is 0 Å². The molecular formula is C22H25F4N7O. The first-order chi connectivity index (χ1) is 16.1. The zero-order valence-corrected chi connectivity index (χ0v) is 18.2. The quantitative estimate of drug-likeness (QED) is 0.465. The number of alkyl halides is 4. The topological polar surface area (TPSA) is 119 Å². The second-order valence-electron chi connectivity index (χ2n) is 9.35. The van der Waals surface area contributed by atoms with Crippen LogP contribution < -0.4 is 16.4 Å². The Balaban J connectivity index is 1.55. The molecule has 0 amide bonds. The predicted molar refractivity (Wildman–Crippen MR) is 118 cm³/mol. The van der Waals surface area contributed by atoms with E-state index in [2.05, 4.69) is 15.0 Å². The van der Waals surface area contributed by atoms with Gasteiger partial charge in [-0.1, -0.05) is 0 Å². The molecule has 0 unspecified atom stereocenters. The predicted octanol–water partition coefficient (Wildman–Crippen LogP) is 2.50. The van der Waals surface area contributed by atoms with E-state index in [0.717, 1.165) is 18.5 Å². The molecule has 0 bridgehead atoms. The number of nitrogens with two attached hydrogens (primary N) is 2. The average molecular weight is 479 g/mol. The molecule has 3 aromatic rings. The summed E-state index contributed by atoms with van der Waals surface area (Å²) in [6, 6.07) is 3.61. The average Bonchev–Trinajstić information content (AvgIpc) is 3.53. The third kappa shape index (κ3) is 4.16. The van der Waals surface area contributed by atoms with Gasteiger partial charge in [-0.05, 0) is 30.5 Å². The van der Waals surface area contributed by atoms with Gasteiger partial charge in [-0.2, -0.15) is 0 Å². The van der Waals surface area contributed by atoms with Crippen LogP contribution in [0.15, 0.2) is 30.9 Å². The van der Waals surface area contributed by atoms with Crippen LogP contribution in [0.25, 0.3) is 11.0 Å². The van der Waals surface area contributed by atoms with Crippen LogP contribution >= 0.6 is 0 Å². The fourth-order valence-corrected chi connectivity index (χ4v) is 4.75. The number of piperidine rings is 1. The molecule has 12 heteroatoms. The SMILES string of the molecule is Nc1nccc2c1ncn2Cc1cc(C2CC2)ncc1N1CC(F)(F)C[C@](N)([C@H](O)C(F)F)C1. The van der Waals surface area contributed by atoms with E-state index < -0.39 is 37.0 Å². The summed E-state index contributed by atoms with van der Waals surface area (Å²) in [5.41, 5.74) is 12.8. The second kappa shape index (κ2) is 8.05. The van der Waals surface area contributed by atoms with E-state index in [0.29, 0.717) is 28.2 Å². The maximum absolute atomic E-state index is 14.7. The largest absolute Gasteiger partial charge is 0.385 e. The molecule has 5 rings (SSSR count). The molecule has 2 fully saturated rings. The Morgan fingerprint density at radius 1 is 1.18 bits per heavy atom. The highest BCUT2D eigenvalue weighted by Gasteiger charge is 2.53. The molecule has 1 saturated carbocycles. The van der Waals surface area contributed by atoms with Crippen molar-refractivity contribution in [2.24, 2.45) is 5.73 Å². The highest BCUT2D eigenvalue weighted by molar-refractivity contribution is 5.84. The maximum atomic E-state index is 14.7. The van der Waals surface area contributed by atoms with Crippen LogP contribution in [0.4, 0.5) is 29.1 Å². The van der Waals surface area contributed by atoms with Gasteiger partial charge in [0.15, 0.2) is 5.82 Å². The molecule has 34 heavy (non-hydrogen) atoms. The van der Waals surface area contributed by atoms with E-state index >= 15 is 0 Å². The van der Waals surface area contributed by atoms with Crippen molar-refractivity contribution < 1.29 is 22.7 Å². The fraction of sp³-hybridized carbons (Fsp3) is 0.500. The lowest BCUT2D eigenvalue weighted by atomic mass is 9.82. The molecule has 0 spiro atoms. The number of hydrogen-bond donors (Lipinski definition) is 3. The molecule has 3 aromatic heterocycles. The molecular weight excluding hydrogens is 454 g/mol. The van der Waals surface area contributed by atoms with Gasteiger partial charge in [0.1, 0.15) is 11.6 Å². The minimum Gasteiger partial charge on any atom is -0.385 e. The van der Waals surface area contributed by atoms with Crippen molar-refractivity contribution in [2.45, 2.75) is 55.7 Å². The molecule has 1 saturated heterocycles. The number of rotatable bonds is 6. The number of nitrogen functional groups attached to an aromatic ring is 1. The van der Waals surface area contributed by atoms with Crippen LogP contribution in [-0.2, 0) is 6.54 Å². The Hall–Kier alpha value is -2.99. The fourth-order valence-electron chi connectivity index (χ4n) is 4.75. The number of halogens is 4. The number of pyridine rings is 2. The number of aliphatic hydroxyl groups is 1. The maximum Gasteiger partial charge on any atom is 0.267 e. The summed E-state index contributed by atoms with van der Waals surface area (Å²) >= 11 is 0. The molecule has 2 atom stereocenters. The van der Waals surface area contributed by atoms with E-state index in [9.17, 15) is 22.7 Å². The van der Waals surface area contributed by atoms with Gasteiger partial charge in [0, 0.05) is 30.8 Å². The lowest BCUT2D eigenvalue weighted by Gasteiger charge is -2.47. The highest BCUT2D eigenvalue weighted by atomic mass is 19.3. The minimum atomic E-state index is -3.38. The lowest BCUT2D eigenvalue weighted by molar-refractivity contribution is -0.102. The summed E-state index contributed by atoms with van der Waals surface area (Å²) < 4.78 is 57.8. The van der Waals surface area contributed by atoms with Gasteiger partial charge in [-0.3, -0.25) is 4.98 Å². The van der Waals surface area contributed by atoms with Crippen LogP contribution in [0.3, 0.4) is 0 Å². The van der Waals surface area contributed by atoms with Crippen LogP contribution in [0, 0.1) is 0 Å². The van der Waals surface area contributed by atoms with Gasteiger partial charge in [0.25, 0.3) is 12.3 Å². The van der Waals surface area contributed by atoms with Crippen LogP contribution in [0.2, 0.25) is 0 Å². The Kier molecular flexibility index (Phi) is 5.40. The van der Waals surface area contributed by atoms with Crippen molar-refractivity contribution in [3.63, 3.8) is 0 Å². The van der Waals surface area contributed by atoms with E-state index in [1.807, 2.05) is 10.6 Å². The van der Waals surface area contributed by atoms with Gasteiger partial charge < -0.3 is 26.0 Å². The summed E-state index contributed by atoms with van der Waals surface area (Å²) in [7, 11) is 0. The van der Waals surface area contributed by atoms with E-state index in [4.69, 9.17) is 11.5 Å². The number of anilines is 2. The van der Waals surface area contributed by atoms with E-state index in [1.54, 1.807) is 18.6 Å². The van der Waals surface area contributed by atoms with E-state index in [1.165, 1.54) is 11.1 Å². The van der Waals surface area contributed by atoms with Gasteiger partial charge in [-0.15, -0.1) is 0 Å². The monoisotopic (exact) mass is 479 g/mol. The van der Waals surface area contributed by atoms with Crippen molar-refractivity contribution in [1.82, 2.24) is 19.5 Å². The number of hydrogen-bond acceptors (Lipinski definition) is 7. The molecule has 0 radical (unpaired) electrons. The molecule has 1 aliphatic carbocycles. The van der Waals surface area contributed by atoms with Crippen LogP contribution in [-0.4, -0.2) is 61.7 Å². The summed E-state index contributed by atoms with van der Waals surface area (Å²) in [6.07, 6.45) is -0.0471. The first-order valence-electron chi connectivity index (χ1n) is 11.0. The summed E-state index contributed by atoms with van der Waals surface area (Å²) in [5, 5.41) is 9.97. The second-order valence-corrected chi connectivity index (χ2v) is 9.35. The number of fused-ring (bicyclic) bond motifs is 1. The van der Waals surface area contributed by atoms with Gasteiger partial charge in [-0.25, -0.2) is 27.5 Å². The molecule has 5 N–H and O–H groups in total. The number of nitrogens with zero attached hydrogens (tertiary/aromatic N) is 5. The smallest absolute Gasteiger partial charge is 0.267 e. The highest BCUT2D eigenvalue weighted by Crippen LogP contribution is 2.42. The number of imidazole rings is 1. The molecule has 1 aliphatic heterocycles. The van der Waals surface area contributed by atoms with Crippen molar-refractivity contribution in [2.75, 3.05) is 23.7 Å². The lowest BCUT2D eigenvalue weighted by Crippen LogP contribution is -2.68. The third-order valence-corrected chi connectivity index (χ3v) is 6.55. The summed E-state index contributed by atoms with van der Waals surface area (Å²) in [4.78, 5) is 14.1. The van der Waals surface area contributed by atoms with Crippen molar-refractivity contribution in [3.05, 3.63) is 42.1 Å².